The summed E-state index contributed by atoms with van der Waals surface area (Å²) in [6, 6.07) is 5.94. The monoisotopic (exact) mass is 321 g/mol. The van der Waals surface area contributed by atoms with Gasteiger partial charge in [0.05, 0.1) is 5.41 Å². The summed E-state index contributed by atoms with van der Waals surface area (Å²) in [6.45, 7) is 3.15. The molecule has 3 rings (SSSR count). The molecular weight excluding hydrogens is 298 g/mol. The van der Waals surface area contributed by atoms with E-state index in [0.29, 0.717) is 0 Å². The average Bonchev–Trinajstić information content (AvgIpc) is 3.03. The topological polar surface area (TPSA) is 40.5 Å². The van der Waals surface area contributed by atoms with E-state index < -0.39 is 11.4 Å². The number of hydrogen-bond acceptors (Lipinski definition) is 2. The predicted molar refractivity (Wildman–Crippen MR) is 88.4 cm³/mol. The highest BCUT2D eigenvalue weighted by molar-refractivity contribution is 6.31. The Labute approximate surface area is 137 Å². The molecule has 0 spiro atoms. The number of hydrogen-bond donors (Lipinski definition) is 1. The minimum atomic E-state index is -0.728. The maximum atomic E-state index is 11.9. The molecule has 0 amide bonds. The van der Waals surface area contributed by atoms with Crippen LogP contribution in [0.3, 0.4) is 0 Å². The van der Waals surface area contributed by atoms with Crippen LogP contribution in [0.2, 0.25) is 5.02 Å². The maximum absolute atomic E-state index is 11.9. The smallest absolute Gasteiger partial charge is 0.314 e. The number of carboxylic acids is 1. The van der Waals surface area contributed by atoms with Crippen LogP contribution in [0.1, 0.15) is 56.1 Å². The Morgan fingerprint density at radius 2 is 1.82 bits per heavy atom. The van der Waals surface area contributed by atoms with Crippen LogP contribution in [0, 0.1) is 0 Å². The van der Waals surface area contributed by atoms with Crippen LogP contribution in [-0.2, 0) is 16.8 Å². The van der Waals surface area contributed by atoms with Crippen LogP contribution in [0.25, 0.3) is 0 Å². The molecule has 2 fully saturated rings. The van der Waals surface area contributed by atoms with Crippen molar-refractivity contribution in [1.82, 2.24) is 4.90 Å². The molecule has 0 atom stereocenters. The van der Waals surface area contributed by atoms with E-state index in [4.69, 9.17) is 11.6 Å². The van der Waals surface area contributed by atoms with Crippen LogP contribution in [0.4, 0.5) is 0 Å². The minimum Gasteiger partial charge on any atom is -0.481 e. The maximum Gasteiger partial charge on any atom is 0.314 e. The van der Waals surface area contributed by atoms with E-state index >= 15 is 0 Å². The molecular formula is C18H24ClNO2. The molecule has 3 nitrogen and oxygen atoms in total. The Bertz CT molecular complexity index is 546. The zero-order chi connectivity index (χ0) is 15.6. The van der Waals surface area contributed by atoms with Gasteiger partial charge in [-0.15, -0.1) is 0 Å². The molecule has 1 aromatic carbocycles. The Balaban J connectivity index is 1.84. The fraction of sp³-hybridized carbons (Fsp3) is 0.611. The summed E-state index contributed by atoms with van der Waals surface area (Å²) in [6.07, 6.45) is 7.08. The van der Waals surface area contributed by atoms with Crippen molar-refractivity contribution < 1.29 is 9.90 Å². The molecule has 0 radical (unpaired) electrons. The van der Waals surface area contributed by atoms with Crippen LogP contribution in [0.15, 0.2) is 18.2 Å². The molecule has 0 aromatic heterocycles. The molecule has 1 N–H and O–H groups in total. The lowest BCUT2D eigenvalue weighted by Gasteiger charge is -2.34. The SMILES string of the molecule is O=C(O)C1(c2ccc(CN3CCCC3)c(Cl)c2)CCCCC1. The van der Waals surface area contributed by atoms with Crippen LogP contribution in [0.5, 0.6) is 0 Å². The Kier molecular flexibility index (Phi) is 4.74. The molecule has 1 aliphatic heterocycles. The highest BCUT2D eigenvalue weighted by Crippen LogP contribution is 2.41. The van der Waals surface area contributed by atoms with E-state index in [1.165, 1.54) is 12.8 Å². The first-order valence-electron chi connectivity index (χ1n) is 8.36. The van der Waals surface area contributed by atoms with Crippen molar-refractivity contribution in [2.45, 2.75) is 56.9 Å². The lowest BCUT2D eigenvalue weighted by molar-refractivity contribution is -0.145. The Morgan fingerprint density at radius 3 is 2.41 bits per heavy atom. The second-order valence-corrected chi connectivity index (χ2v) is 7.14. The summed E-state index contributed by atoms with van der Waals surface area (Å²) >= 11 is 6.47. The molecule has 120 valence electrons. The first-order valence-corrected chi connectivity index (χ1v) is 8.74. The number of nitrogens with zero attached hydrogens (tertiary/aromatic N) is 1. The van der Waals surface area contributed by atoms with Crippen LogP contribution in [-0.4, -0.2) is 29.1 Å². The van der Waals surface area contributed by atoms with Gasteiger partial charge in [0.1, 0.15) is 0 Å². The van der Waals surface area contributed by atoms with Gasteiger partial charge in [0.2, 0.25) is 0 Å². The van der Waals surface area contributed by atoms with Crippen LogP contribution < -0.4 is 0 Å². The summed E-state index contributed by atoms with van der Waals surface area (Å²) in [5, 5.41) is 10.5. The second kappa shape index (κ2) is 6.59. The third kappa shape index (κ3) is 3.02. The van der Waals surface area contributed by atoms with Gasteiger partial charge in [-0.2, -0.15) is 0 Å². The van der Waals surface area contributed by atoms with Gasteiger partial charge in [0.15, 0.2) is 0 Å². The third-order valence-electron chi connectivity index (χ3n) is 5.31. The number of benzene rings is 1. The average molecular weight is 322 g/mol. The summed E-state index contributed by atoms with van der Waals surface area (Å²) in [7, 11) is 0. The van der Waals surface area contributed by atoms with Gasteiger partial charge in [-0.1, -0.05) is 43.0 Å². The number of carbonyl (C=O) groups is 1. The van der Waals surface area contributed by atoms with Gasteiger partial charge in [0.25, 0.3) is 0 Å². The molecule has 22 heavy (non-hydrogen) atoms. The molecule has 2 aliphatic rings. The highest BCUT2D eigenvalue weighted by atomic mass is 35.5. The van der Waals surface area contributed by atoms with Crippen molar-refractivity contribution in [3.05, 3.63) is 34.3 Å². The zero-order valence-electron chi connectivity index (χ0n) is 13.0. The molecule has 1 aromatic rings. The summed E-state index contributed by atoms with van der Waals surface area (Å²) in [5.74, 6) is -0.699. The zero-order valence-corrected chi connectivity index (χ0v) is 13.7. The van der Waals surface area contributed by atoms with Crippen molar-refractivity contribution >= 4 is 17.6 Å². The third-order valence-corrected chi connectivity index (χ3v) is 5.67. The van der Waals surface area contributed by atoms with Gasteiger partial charge in [-0.05, 0) is 56.0 Å². The molecule has 1 aliphatic carbocycles. The van der Waals surface area contributed by atoms with Gasteiger partial charge in [-0.3, -0.25) is 9.69 Å². The Morgan fingerprint density at radius 1 is 1.14 bits per heavy atom. The fourth-order valence-electron chi connectivity index (χ4n) is 3.94. The lowest BCUT2D eigenvalue weighted by Crippen LogP contribution is -2.37. The van der Waals surface area contributed by atoms with Crippen molar-refractivity contribution in [2.24, 2.45) is 0 Å². The molecule has 4 heteroatoms. The van der Waals surface area contributed by atoms with Gasteiger partial charge < -0.3 is 5.11 Å². The number of rotatable bonds is 4. The van der Waals surface area contributed by atoms with E-state index in [2.05, 4.69) is 4.90 Å². The van der Waals surface area contributed by atoms with E-state index in [9.17, 15) is 9.90 Å². The Hall–Kier alpha value is -1.06. The minimum absolute atomic E-state index is 0.699. The first kappa shape index (κ1) is 15.8. The predicted octanol–water partition coefficient (Wildman–Crippen LogP) is 4.22. The first-order chi connectivity index (χ1) is 10.6. The van der Waals surface area contributed by atoms with E-state index in [1.54, 1.807) is 0 Å². The molecule has 0 bridgehead atoms. The fourth-order valence-corrected chi connectivity index (χ4v) is 4.18. The molecule has 1 saturated carbocycles. The van der Waals surface area contributed by atoms with Crippen LogP contribution >= 0.6 is 11.6 Å². The molecule has 1 heterocycles. The summed E-state index contributed by atoms with van der Waals surface area (Å²) in [5.41, 5.74) is 1.27. The molecule has 1 saturated heterocycles. The van der Waals surface area contributed by atoms with E-state index in [1.807, 2.05) is 18.2 Å². The van der Waals surface area contributed by atoms with E-state index in [0.717, 1.165) is 67.9 Å². The standard InChI is InChI=1S/C18H24ClNO2/c19-16-12-15(18(17(21)22)8-2-1-3-9-18)7-6-14(16)13-20-10-4-5-11-20/h6-7,12H,1-5,8-11,13H2,(H,21,22). The number of halogens is 1. The van der Waals surface area contributed by atoms with Crippen molar-refractivity contribution in [1.29, 1.82) is 0 Å². The quantitative estimate of drug-likeness (QED) is 0.902. The van der Waals surface area contributed by atoms with Gasteiger partial charge in [0, 0.05) is 11.6 Å². The second-order valence-electron chi connectivity index (χ2n) is 6.74. The largest absolute Gasteiger partial charge is 0.481 e. The van der Waals surface area contributed by atoms with Crippen molar-refractivity contribution in [3.8, 4) is 0 Å². The summed E-state index contributed by atoms with van der Waals surface area (Å²) in [4.78, 5) is 14.3. The molecule has 0 unspecified atom stereocenters. The van der Waals surface area contributed by atoms with Crippen molar-refractivity contribution in [2.75, 3.05) is 13.1 Å². The van der Waals surface area contributed by atoms with Gasteiger partial charge in [-0.25, -0.2) is 0 Å². The number of likely N-dealkylation sites (tertiary alicyclic amines) is 1. The normalized spacial score (nSPS) is 21.9. The highest BCUT2D eigenvalue weighted by Gasteiger charge is 2.41. The summed E-state index contributed by atoms with van der Waals surface area (Å²) < 4.78 is 0. The van der Waals surface area contributed by atoms with E-state index in [-0.39, 0.29) is 0 Å². The van der Waals surface area contributed by atoms with Crippen molar-refractivity contribution in [3.63, 3.8) is 0 Å². The lowest BCUT2D eigenvalue weighted by atomic mass is 9.69. The number of carboxylic acid groups (broad SMARTS) is 1. The number of aliphatic carboxylic acids is 1. The van der Waals surface area contributed by atoms with Gasteiger partial charge >= 0.3 is 5.97 Å².